The van der Waals surface area contributed by atoms with Crippen molar-refractivity contribution >= 4 is 30.4 Å². The van der Waals surface area contributed by atoms with E-state index in [1.54, 1.807) is 12.1 Å². The van der Waals surface area contributed by atoms with Crippen molar-refractivity contribution < 1.29 is 4.39 Å². The highest BCUT2D eigenvalue weighted by Gasteiger charge is 2.11. The van der Waals surface area contributed by atoms with Gasteiger partial charge in [-0.2, -0.15) is 0 Å². The molecular weight excluding hydrogens is 260 g/mol. The fourth-order valence-corrected chi connectivity index (χ4v) is 2.24. The standard InChI is InChI=1S/C18H13BFN/c19-14-6-10-17(11-7-14)21(16-4-2-1-3-5-16)18-12-8-15(20)9-13-18/h1-13H. The Balaban J connectivity index is 2.11. The predicted molar refractivity (Wildman–Crippen MR) is 86.5 cm³/mol. The van der Waals surface area contributed by atoms with Gasteiger partial charge in [0.1, 0.15) is 13.7 Å². The molecule has 2 radical (unpaired) electrons. The molecule has 0 aliphatic carbocycles. The zero-order chi connectivity index (χ0) is 14.7. The molecule has 21 heavy (non-hydrogen) atoms. The molecule has 100 valence electrons. The number of anilines is 3. The van der Waals surface area contributed by atoms with E-state index in [0.29, 0.717) is 5.46 Å². The molecule has 1 nitrogen and oxygen atoms in total. The maximum atomic E-state index is 13.2. The van der Waals surface area contributed by atoms with Crippen molar-refractivity contribution in [3.8, 4) is 0 Å². The van der Waals surface area contributed by atoms with E-state index in [1.165, 1.54) is 12.1 Å². The Morgan fingerprint density at radius 2 is 1.10 bits per heavy atom. The highest BCUT2D eigenvalue weighted by molar-refractivity contribution is 6.32. The minimum absolute atomic E-state index is 0.246. The third kappa shape index (κ3) is 2.97. The molecule has 0 aliphatic rings. The van der Waals surface area contributed by atoms with Gasteiger partial charge in [-0.25, -0.2) is 4.39 Å². The maximum Gasteiger partial charge on any atom is 0.123 e. The van der Waals surface area contributed by atoms with Gasteiger partial charge in [0.2, 0.25) is 0 Å². The molecular formula is C18H13BFN. The molecule has 3 rings (SSSR count). The highest BCUT2D eigenvalue weighted by atomic mass is 19.1. The first-order chi connectivity index (χ1) is 10.2. The minimum atomic E-state index is -0.246. The normalized spacial score (nSPS) is 10.3. The van der Waals surface area contributed by atoms with E-state index < -0.39 is 0 Å². The summed E-state index contributed by atoms with van der Waals surface area (Å²) in [5.41, 5.74) is 3.59. The second kappa shape index (κ2) is 5.84. The zero-order valence-corrected chi connectivity index (χ0v) is 11.4. The summed E-state index contributed by atoms with van der Waals surface area (Å²) in [6.45, 7) is 0. The van der Waals surface area contributed by atoms with E-state index in [-0.39, 0.29) is 5.82 Å². The van der Waals surface area contributed by atoms with Gasteiger partial charge >= 0.3 is 0 Å². The van der Waals surface area contributed by atoms with Crippen LogP contribution in [0.15, 0.2) is 78.9 Å². The maximum absolute atomic E-state index is 13.2. The average molecular weight is 273 g/mol. The third-order valence-electron chi connectivity index (χ3n) is 3.25. The van der Waals surface area contributed by atoms with Crippen LogP contribution in [0.25, 0.3) is 0 Å². The molecule has 3 heteroatoms. The molecule has 0 fully saturated rings. The highest BCUT2D eigenvalue weighted by Crippen LogP contribution is 2.33. The SMILES string of the molecule is [B]c1ccc(N(c2ccccc2)c2ccc(F)cc2)cc1. The van der Waals surface area contributed by atoms with Crippen molar-refractivity contribution in [2.45, 2.75) is 0 Å². The molecule has 0 heterocycles. The second-order valence-electron chi connectivity index (χ2n) is 4.74. The van der Waals surface area contributed by atoms with Crippen LogP contribution in [0.2, 0.25) is 0 Å². The fraction of sp³-hybridized carbons (Fsp3) is 0. The predicted octanol–water partition coefficient (Wildman–Crippen LogP) is 4.09. The van der Waals surface area contributed by atoms with E-state index >= 15 is 0 Å². The van der Waals surface area contributed by atoms with Crippen LogP contribution in [0, 0.1) is 5.82 Å². The van der Waals surface area contributed by atoms with E-state index in [2.05, 4.69) is 4.90 Å². The van der Waals surface area contributed by atoms with Gasteiger partial charge in [-0.05, 0) is 48.5 Å². The topological polar surface area (TPSA) is 3.24 Å². The molecule has 0 amide bonds. The van der Waals surface area contributed by atoms with E-state index in [4.69, 9.17) is 7.85 Å². The van der Waals surface area contributed by atoms with Crippen molar-refractivity contribution in [2.24, 2.45) is 0 Å². The van der Waals surface area contributed by atoms with E-state index in [0.717, 1.165) is 17.1 Å². The summed E-state index contributed by atoms with van der Waals surface area (Å²) >= 11 is 0. The number of benzene rings is 3. The summed E-state index contributed by atoms with van der Waals surface area (Å²) in [6.07, 6.45) is 0. The molecule has 0 atom stereocenters. The number of hydrogen-bond donors (Lipinski definition) is 0. The fourth-order valence-electron chi connectivity index (χ4n) is 2.24. The van der Waals surface area contributed by atoms with E-state index in [1.807, 2.05) is 54.6 Å². The van der Waals surface area contributed by atoms with Gasteiger partial charge in [0.15, 0.2) is 0 Å². The van der Waals surface area contributed by atoms with Crippen LogP contribution in [0.3, 0.4) is 0 Å². The number of hydrogen-bond acceptors (Lipinski definition) is 1. The number of rotatable bonds is 3. The largest absolute Gasteiger partial charge is 0.311 e. The molecule has 0 saturated carbocycles. The number of para-hydroxylation sites is 1. The lowest BCUT2D eigenvalue weighted by molar-refractivity contribution is 0.628. The Bertz CT molecular complexity index is 663. The van der Waals surface area contributed by atoms with Gasteiger partial charge in [0.25, 0.3) is 0 Å². The van der Waals surface area contributed by atoms with Gasteiger partial charge in [0, 0.05) is 17.1 Å². The Labute approximate surface area is 125 Å². The molecule has 0 saturated heterocycles. The average Bonchev–Trinajstić information content (AvgIpc) is 2.52. The summed E-state index contributed by atoms with van der Waals surface area (Å²) in [4.78, 5) is 2.05. The smallest absolute Gasteiger partial charge is 0.123 e. The van der Waals surface area contributed by atoms with Gasteiger partial charge in [0.05, 0.1) is 0 Å². The summed E-state index contributed by atoms with van der Waals surface area (Å²) in [5.74, 6) is -0.246. The summed E-state index contributed by atoms with van der Waals surface area (Å²) < 4.78 is 13.2. The van der Waals surface area contributed by atoms with Crippen LogP contribution >= 0.6 is 0 Å². The van der Waals surface area contributed by atoms with Crippen LogP contribution in [-0.2, 0) is 0 Å². The first-order valence-electron chi connectivity index (χ1n) is 6.70. The van der Waals surface area contributed by atoms with Crippen molar-refractivity contribution in [3.05, 3.63) is 84.7 Å². The third-order valence-corrected chi connectivity index (χ3v) is 3.25. The Morgan fingerprint density at radius 3 is 1.67 bits per heavy atom. The first-order valence-corrected chi connectivity index (χ1v) is 6.70. The van der Waals surface area contributed by atoms with E-state index in [9.17, 15) is 4.39 Å². The quantitative estimate of drug-likeness (QED) is 0.650. The monoisotopic (exact) mass is 273 g/mol. The van der Waals surface area contributed by atoms with Crippen LogP contribution in [0.5, 0.6) is 0 Å². The summed E-state index contributed by atoms with van der Waals surface area (Å²) in [7, 11) is 5.76. The summed E-state index contributed by atoms with van der Waals surface area (Å²) in [5, 5.41) is 0. The van der Waals surface area contributed by atoms with Crippen LogP contribution in [0.1, 0.15) is 0 Å². The van der Waals surface area contributed by atoms with Gasteiger partial charge in [-0.3, -0.25) is 0 Å². The molecule has 0 aromatic heterocycles. The van der Waals surface area contributed by atoms with Crippen LogP contribution in [-0.4, -0.2) is 7.85 Å². The van der Waals surface area contributed by atoms with Gasteiger partial charge in [-0.1, -0.05) is 35.8 Å². The van der Waals surface area contributed by atoms with Crippen molar-refractivity contribution in [2.75, 3.05) is 4.90 Å². The second-order valence-corrected chi connectivity index (χ2v) is 4.74. The number of halogens is 1. The van der Waals surface area contributed by atoms with Crippen LogP contribution < -0.4 is 10.4 Å². The Kier molecular flexibility index (Phi) is 3.74. The van der Waals surface area contributed by atoms with Crippen molar-refractivity contribution in [3.63, 3.8) is 0 Å². The lowest BCUT2D eigenvalue weighted by atomic mass is 9.96. The molecule has 0 aliphatic heterocycles. The molecule has 3 aromatic carbocycles. The minimum Gasteiger partial charge on any atom is -0.311 e. The molecule has 0 N–H and O–H groups in total. The van der Waals surface area contributed by atoms with Gasteiger partial charge < -0.3 is 4.90 Å². The zero-order valence-electron chi connectivity index (χ0n) is 11.4. The number of nitrogens with zero attached hydrogens (tertiary/aromatic N) is 1. The lowest BCUT2D eigenvalue weighted by Gasteiger charge is -2.25. The first kappa shape index (κ1) is 13.4. The lowest BCUT2D eigenvalue weighted by Crippen LogP contribution is -2.11. The van der Waals surface area contributed by atoms with Gasteiger partial charge in [-0.15, -0.1) is 0 Å². The summed E-state index contributed by atoms with van der Waals surface area (Å²) in [6, 6.07) is 24.0. The molecule has 0 unspecified atom stereocenters. The van der Waals surface area contributed by atoms with Crippen LogP contribution in [0.4, 0.5) is 21.5 Å². The molecule has 3 aromatic rings. The Morgan fingerprint density at radius 1 is 0.619 bits per heavy atom. The Hall–Kier alpha value is -2.55. The molecule has 0 spiro atoms. The molecule has 0 bridgehead atoms. The van der Waals surface area contributed by atoms with Crippen molar-refractivity contribution in [1.82, 2.24) is 0 Å². The van der Waals surface area contributed by atoms with Crippen molar-refractivity contribution in [1.29, 1.82) is 0 Å².